The summed E-state index contributed by atoms with van der Waals surface area (Å²) < 4.78 is 118. The third kappa shape index (κ3) is 33.2. The van der Waals surface area contributed by atoms with E-state index in [1.165, 1.54) is 35.6 Å². The van der Waals surface area contributed by atoms with Crippen molar-refractivity contribution in [3.05, 3.63) is 34.4 Å². The Morgan fingerprint density at radius 2 is 0.909 bits per heavy atom. The molecule has 0 atom stereocenters. The summed E-state index contributed by atoms with van der Waals surface area (Å²) in [5.74, 6) is 1.66. The molecule has 0 bridgehead atoms. The molecule has 21 heteroatoms. The van der Waals surface area contributed by atoms with Gasteiger partial charge in [-0.05, 0) is 96.6 Å². The summed E-state index contributed by atoms with van der Waals surface area (Å²) in [5.41, 5.74) is -5.72. The Morgan fingerprint density at radius 1 is 0.727 bits per heavy atom. The van der Waals surface area contributed by atoms with Gasteiger partial charge in [-0.1, -0.05) is 12.1 Å². The van der Waals surface area contributed by atoms with Crippen molar-refractivity contribution < 1.29 is 88.3 Å². The Bertz CT molecular complexity index is 1040. The van der Waals surface area contributed by atoms with Crippen LogP contribution in [0.4, 0.5) is 26.3 Å². The molecule has 0 aliphatic carbocycles. The largest absolute Gasteiger partial charge is 2.00 e. The van der Waals surface area contributed by atoms with Crippen LogP contribution in [-0.4, -0.2) is 98.5 Å². The average molecular weight is 854 g/mol. The third-order valence-corrected chi connectivity index (χ3v) is 6.20. The van der Waals surface area contributed by atoms with E-state index in [9.17, 15) is 26.3 Å². The average Bonchev–Trinajstić information content (AvgIpc) is 2.77. The van der Waals surface area contributed by atoms with Gasteiger partial charge in [0.2, 0.25) is 0 Å². The molecular formula is C23H37F6N3NiO6RuS4. The van der Waals surface area contributed by atoms with Gasteiger partial charge in [-0.2, -0.15) is 43.1 Å². The normalized spacial score (nSPS) is 11.0. The molecule has 44 heavy (non-hydrogen) atoms. The number of benzene rings is 1. The standard InChI is InChI=1S/C10H14.C9H22N2S2.C2H3N.2CHF3O3S.Ni.Ru/c1-7-5-9(3)10(4)6-8(7)2;1-10(6-8-12)4-3-5-11(2)7-9-13;1-2-3;2*2-1(3,4)8(5,6)7;;/h5-6H,1-4H3;12-13H,3-9H2,1-2H3;1H3;2*(H,5,6,7);;/q;;;;;2*+2/p-4. The molecule has 0 saturated carbocycles. The van der Waals surface area contributed by atoms with Crippen LogP contribution in [0.5, 0.6) is 0 Å². The van der Waals surface area contributed by atoms with Gasteiger partial charge in [-0.15, -0.1) is 0 Å². The minimum absolute atomic E-state index is 0. The molecule has 0 aromatic heterocycles. The van der Waals surface area contributed by atoms with Gasteiger partial charge in [-0.25, -0.2) is 16.8 Å². The number of alkyl halides is 6. The predicted molar refractivity (Wildman–Crippen MR) is 152 cm³/mol. The van der Waals surface area contributed by atoms with Crippen molar-refractivity contribution in [3.8, 4) is 6.07 Å². The molecule has 264 valence electrons. The van der Waals surface area contributed by atoms with Crippen molar-refractivity contribution in [1.29, 1.82) is 5.26 Å². The maximum atomic E-state index is 10.7. The van der Waals surface area contributed by atoms with Crippen LogP contribution in [-0.2, 0) is 81.5 Å². The van der Waals surface area contributed by atoms with E-state index in [-0.39, 0.29) is 36.0 Å². The van der Waals surface area contributed by atoms with Crippen molar-refractivity contribution in [2.24, 2.45) is 0 Å². The van der Waals surface area contributed by atoms with Crippen LogP contribution in [0.1, 0.15) is 35.6 Å². The second-order valence-electron chi connectivity index (χ2n) is 8.41. The third-order valence-electron chi connectivity index (χ3n) is 4.70. The van der Waals surface area contributed by atoms with Gasteiger partial charge in [0, 0.05) is 6.92 Å². The van der Waals surface area contributed by atoms with Gasteiger partial charge in [0.15, 0.2) is 20.2 Å². The number of aryl methyl sites for hydroxylation is 4. The summed E-state index contributed by atoms with van der Waals surface area (Å²) in [7, 11) is -7.93. The molecular weight excluding hydrogens is 816 g/mol. The van der Waals surface area contributed by atoms with Crippen molar-refractivity contribution in [2.75, 3.05) is 51.8 Å². The van der Waals surface area contributed by atoms with Crippen LogP contribution in [0.3, 0.4) is 0 Å². The molecule has 1 aromatic rings. The second-order valence-corrected chi connectivity index (χ2v) is 12.0. The van der Waals surface area contributed by atoms with Gasteiger partial charge in [0.1, 0.15) is 0 Å². The van der Waals surface area contributed by atoms with Crippen LogP contribution in [0.2, 0.25) is 0 Å². The number of hydrogen-bond acceptors (Lipinski definition) is 11. The van der Waals surface area contributed by atoms with E-state index in [0.29, 0.717) is 0 Å². The Hall–Kier alpha value is -0.153. The van der Waals surface area contributed by atoms with Crippen LogP contribution >= 0.6 is 0 Å². The number of nitriles is 1. The zero-order valence-electron chi connectivity index (χ0n) is 25.0. The Morgan fingerprint density at radius 3 is 1.05 bits per heavy atom. The van der Waals surface area contributed by atoms with E-state index in [0.717, 1.165) is 37.7 Å². The molecule has 0 aliphatic rings. The topological polar surface area (TPSA) is 145 Å². The van der Waals surface area contributed by atoms with E-state index in [1.54, 1.807) is 6.07 Å². The molecule has 9 nitrogen and oxygen atoms in total. The predicted octanol–water partition coefficient (Wildman–Crippen LogP) is 3.88. The summed E-state index contributed by atoms with van der Waals surface area (Å²) >= 11 is 9.81. The van der Waals surface area contributed by atoms with Gasteiger partial charge in [-0.3, -0.25) is 0 Å². The second kappa shape index (κ2) is 27.9. The Labute approximate surface area is 291 Å². The minimum atomic E-state index is -6.09. The zero-order chi connectivity index (χ0) is 34.5. The Kier molecular flexibility index (Phi) is 35.7. The summed E-state index contributed by atoms with van der Waals surface area (Å²) in [6, 6.07) is 6.23. The molecule has 0 N–H and O–H groups in total. The molecule has 0 radical (unpaired) electrons. The van der Waals surface area contributed by atoms with E-state index in [1.807, 2.05) is 0 Å². The first-order chi connectivity index (χ1) is 18.7. The first kappa shape index (κ1) is 56.2. The van der Waals surface area contributed by atoms with E-state index in [2.05, 4.69) is 63.7 Å². The molecule has 0 unspecified atom stereocenters. The molecule has 1 aromatic carbocycles. The number of halogens is 6. The first-order valence-electron chi connectivity index (χ1n) is 11.7. The monoisotopic (exact) mass is 853 g/mol. The van der Waals surface area contributed by atoms with Gasteiger partial charge in [0.25, 0.3) is 0 Å². The molecule has 1 rings (SSSR count). The summed E-state index contributed by atoms with van der Waals surface area (Å²) in [4.78, 5) is 4.57. The van der Waals surface area contributed by atoms with Crippen LogP contribution in [0, 0.1) is 39.0 Å². The van der Waals surface area contributed by atoms with Crippen LogP contribution in [0.15, 0.2) is 12.1 Å². The van der Waals surface area contributed by atoms with Gasteiger partial charge in [0.05, 0.1) is 6.07 Å². The fourth-order valence-corrected chi connectivity index (χ4v) is 2.87. The molecule has 0 aliphatic heterocycles. The fourth-order valence-electron chi connectivity index (χ4n) is 2.25. The summed E-state index contributed by atoms with van der Waals surface area (Å²) in [5, 5.41) is 7.32. The quantitative estimate of drug-likeness (QED) is 0.124. The maximum absolute atomic E-state index is 10.7. The number of nitrogens with zero attached hydrogens (tertiary/aromatic N) is 3. The molecule has 0 saturated heterocycles. The summed E-state index contributed by atoms with van der Waals surface area (Å²) in [6.45, 7) is 14.4. The van der Waals surface area contributed by atoms with Crippen molar-refractivity contribution in [3.63, 3.8) is 0 Å². The Balaban J connectivity index is -0.000000106. The van der Waals surface area contributed by atoms with E-state index < -0.39 is 31.3 Å². The fraction of sp³-hybridized carbons (Fsp3) is 0.696. The molecule has 0 amide bonds. The van der Waals surface area contributed by atoms with Crippen molar-refractivity contribution >= 4 is 45.5 Å². The van der Waals surface area contributed by atoms with Gasteiger partial charge >= 0.3 is 47.0 Å². The van der Waals surface area contributed by atoms with Gasteiger partial charge < -0.3 is 44.2 Å². The maximum Gasteiger partial charge on any atom is 2.00 e. The first-order valence-corrected chi connectivity index (χ1v) is 15.6. The number of rotatable bonds is 8. The SMILES string of the molecule is CC#N.CN(CC[S-])CCCN(C)CC[S-].Cc1cc(C)c(C)cc1C.O=S(=O)([O-])C(F)(F)F.O=S(=O)([O-])C(F)(F)F.[Ni+2].[Ru+2]. The number of hydrogen-bond donors (Lipinski definition) is 0. The van der Waals surface area contributed by atoms with Crippen LogP contribution < -0.4 is 0 Å². The molecule has 0 fully saturated rings. The van der Waals surface area contributed by atoms with Crippen molar-refractivity contribution in [2.45, 2.75) is 52.1 Å². The van der Waals surface area contributed by atoms with E-state index >= 15 is 0 Å². The summed E-state index contributed by atoms with van der Waals surface area (Å²) in [6.07, 6.45) is 1.21. The van der Waals surface area contributed by atoms with E-state index in [4.69, 9.17) is 56.5 Å². The molecule has 0 spiro atoms. The minimum Gasteiger partial charge on any atom is -0.791 e. The van der Waals surface area contributed by atoms with Crippen LogP contribution in [0.25, 0.3) is 0 Å². The zero-order valence-corrected chi connectivity index (χ0v) is 31.0. The molecule has 0 heterocycles. The van der Waals surface area contributed by atoms with Crippen molar-refractivity contribution in [1.82, 2.24) is 9.80 Å². The smallest absolute Gasteiger partial charge is 0.791 e.